The molecular formula is C15H18BrN3S. The molecule has 20 heavy (non-hydrogen) atoms. The number of fused-ring (bicyclic) bond motifs is 1. The highest BCUT2D eigenvalue weighted by Crippen LogP contribution is 2.25. The summed E-state index contributed by atoms with van der Waals surface area (Å²) in [7, 11) is 0. The Morgan fingerprint density at radius 2 is 2.35 bits per heavy atom. The van der Waals surface area contributed by atoms with Crippen LogP contribution in [0.15, 0.2) is 34.2 Å². The average Bonchev–Trinajstić information content (AvgIpc) is 2.93. The molecule has 1 N–H and O–H groups in total. The van der Waals surface area contributed by atoms with Crippen LogP contribution in [0, 0.1) is 0 Å². The molecule has 3 nitrogen and oxygen atoms in total. The zero-order valence-corrected chi connectivity index (χ0v) is 13.9. The van der Waals surface area contributed by atoms with Gasteiger partial charge in [-0.25, -0.2) is 4.98 Å². The van der Waals surface area contributed by atoms with E-state index in [1.54, 1.807) is 4.88 Å². The minimum Gasteiger partial charge on any atom is -0.369 e. The fourth-order valence-corrected chi connectivity index (χ4v) is 3.63. The molecule has 0 spiro atoms. The van der Waals surface area contributed by atoms with E-state index in [9.17, 15) is 0 Å². The number of hydrogen-bond acceptors (Lipinski definition) is 4. The number of aromatic nitrogens is 1. The summed E-state index contributed by atoms with van der Waals surface area (Å²) in [6.45, 7) is 5.44. The van der Waals surface area contributed by atoms with Crippen molar-refractivity contribution in [3.63, 3.8) is 0 Å². The van der Waals surface area contributed by atoms with Crippen molar-refractivity contribution in [2.45, 2.75) is 25.9 Å². The van der Waals surface area contributed by atoms with Crippen LogP contribution in [-0.4, -0.2) is 29.0 Å². The molecular weight excluding hydrogens is 334 g/mol. The summed E-state index contributed by atoms with van der Waals surface area (Å²) in [5.74, 6) is 0.938. The molecule has 0 aromatic carbocycles. The van der Waals surface area contributed by atoms with E-state index in [-0.39, 0.29) is 0 Å². The van der Waals surface area contributed by atoms with E-state index in [2.05, 4.69) is 49.5 Å². The van der Waals surface area contributed by atoms with Crippen LogP contribution in [-0.2, 0) is 13.0 Å². The smallest absolute Gasteiger partial charge is 0.126 e. The van der Waals surface area contributed by atoms with Crippen molar-refractivity contribution in [1.82, 2.24) is 9.88 Å². The predicted molar refractivity (Wildman–Crippen MR) is 88.3 cm³/mol. The third kappa shape index (κ3) is 3.22. The van der Waals surface area contributed by atoms with Crippen molar-refractivity contribution < 1.29 is 0 Å². The molecule has 2 aromatic rings. The molecule has 2 aromatic heterocycles. The third-order valence-electron chi connectivity index (χ3n) is 3.77. The average molecular weight is 352 g/mol. The van der Waals surface area contributed by atoms with Crippen LogP contribution in [0.3, 0.4) is 0 Å². The highest BCUT2D eigenvalue weighted by Gasteiger charge is 2.21. The second-order valence-corrected chi connectivity index (χ2v) is 7.10. The molecule has 106 valence electrons. The minimum absolute atomic E-state index is 0.508. The Labute approximate surface area is 132 Å². The maximum Gasteiger partial charge on any atom is 0.126 e. The molecule has 3 rings (SSSR count). The maximum atomic E-state index is 4.35. The highest BCUT2D eigenvalue weighted by atomic mass is 79.9. The van der Waals surface area contributed by atoms with Crippen LogP contribution < -0.4 is 5.32 Å². The highest BCUT2D eigenvalue weighted by molar-refractivity contribution is 9.10. The monoisotopic (exact) mass is 351 g/mol. The molecule has 0 saturated carbocycles. The van der Waals surface area contributed by atoms with Crippen LogP contribution in [0.25, 0.3) is 0 Å². The van der Waals surface area contributed by atoms with Gasteiger partial charge in [-0.1, -0.05) is 0 Å². The number of thiophene rings is 1. The van der Waals surface area contributed by atoms with Crippen LogP contribution in [0.2, 0.25) is 0 Å². The molecule has 0 bridgehead atoms. The van der Waals surface area contributed by atoms with Gasteiger partial charge in [0.25, 0.3) is 0 Å². The Bertz CT molecular complexity index is 567. The lowest BCUT2D eigenvalue weighted by molar-refractivity contribution is 0.200. The summed E-state index contributed by atoms with van der Waals surface area (Å²) in [6, 6.07) is 6.79. The number of hydrogen-bond donors (Lipinski definition) is 1. The van der Waals surface area contributed by atoms with Gasteiger partial charge >= 0.3 is 0 Å². The Kier molecular flexibility index (Phi) is 4.38. The van der Waals surface area contributed by atoms with Gasteiger partial charge in [-0.2, -0.15) is 0 Å². The Morgan fingerprint density at radius 1 is 1.45 bits per heavy atom. The van der Waals surface area contributed by atoms with E-state index in [4.69, 9.17) is 0 Å². The lowest BCUT2D eigenvalue weighted by Gasteiger charge is -2.32. The van der Waals surface area contributed by atoms with Crippen molar-refractivity contribution in [2.75, 3.05) is 18.4 Å². The van der Waals surface area contributed by atoms with Gasteiger partial charge < -0.3 is 5.32 Å². The minimum atomic E-state index is 0.508. The fraction of sp³-hybridized carbons (Fsp3) is 0.400. The van der Waals surface area contributed by atoms with Crippen LogP contribution in [0.4, 0.5) is 5.82 Å². The van der Waals surface area contributed by atoms with Gasteiger partial charge in [0.2, 0.25) is 0 Å². The summed E-state index contributed by atoms with van der Waals surface area (Å²) in [4.78, 5) is 8.46. The van der Waals surface area contributed by atoms with E-state index in [1.165, 1.54) is 12.0 Å². The summed E-state index contributed by atoms with van der Waals surface area (Å²) >= 11 is 5.30. The number of anilines is 1. The Morgan fingerprint density at radius 3 is 3.15 bits per heavy atom. The molecule has 0 saturated heterocycles. The van der Waals surface area contributed by atoms with Gasteiger partial charge in [-0.15, -0.1) is 11.3 Å². The van der Waals surface area contributed by atoms with Crippen molar-refractivity contribution in [2.24, 2.45) is 0 Å². The molecule has 0 radical (unpaired) electrons. The van der Waals surface area contributed by atoms with E-state index in [0.29, 0.717) is 6.04 Å². The van der Waals surface area contributed by atoms with Gasteiger partial charge in [-0.3, -0.25) is 4.90 Å². The maximum absolute atomic E-state index is 4.35. The zero-order chi connectivity index (χ0) is 13.9. The number of pyridine rings is 1. The molecule has 3 heterocycles. The van der Waals surface area contributed by atoms with Gasteiger partial charge in [0.1, 0.15) is 5.82 Å². The molecule has 1 aliphatic rings. The van der Waals surface area contributed by atoms with Crippen molar-refractivity contribution in [3.05, 3.63) is 44.7 Å². The van der Waals surface area contributed by atoms with Gasteiger partial charge in [-0.05, 0) is 58.4 Å². The lowest BCUT2D eigenvalue weighted by atomic mass is 10.1. The molecule has 1 aliphatic heterocycles. The Hall–Kier alpha value is -0.910. The molecule has 0 amide bonds. The fourth-order valence-electron chi connectivity index (χ4n) is 2.51. The first-order valence-electron chi connectivity index (χ1n) is 6.87. The van der Waals surface area contributed by atoms with E-state index >= 15 is 0 Å². The Balaban J connectivity index is 1.55. The van der Waals surface area contributed by atoms with Gasteiger partial charge in [0.15, 0.2) is 0 Å². The normalized spacial score (nSPS) is 16.7. The number of nitrogens with zero attached hydrogens (tertiary/aromatic N) is 2. The molecule has 1 atom stereocenters. The summed E-state index contributed by atoms with van der Waals surface area (Å²) in [6.07, 6.45) is 3.01. The van der Waals surface area contributed by atoms with Crippen molar-refractivity contribution in [1.29, 1.82) is 0 Å². The first-order valence-corrected chi connectivity index (χ1v) is 8.54. The molecule has 0 aliphatic carbocycles. The van der Waals surface area contributed by atoms with Gasteiger partial charge in [0, 0.05) is 41.2 Å². The summed E-state index contributed by atoms with van der Waals surface area (Å²) < 4.78 is 1.01. The topological polar surface area (TPSA) is 28.2 Å². The molecule has 1 unspecified atom stereocenters. The second kappa shape index (κ2) is 6.24. The predicted octanol–water partition coefficient (Wildman–Crippen LogP) is 3.76. The van der Waals surface area contributed by atoms with Crippen molar-refractivity contribution in [3.8, 4) is 0 Å². The first-order chi connectivity index (χ1) is 9.72. The van der Waals surface area contributed by atoms with Crippen LogP contribution in [0.5, 0.6) is 0 Å². The van der Waals surface area contributed by atoms with Crippen molar-refractivity contribution >= 4 is 33.1 Å². The quantitative estimate of drug-likeness (QED) is 0.908. The second-order valence-electron chi connectivity index (χ2n) is 5.18. The SMILES string of the molecule is CC(CNc1ccc(Br)cn1)N1CCc2sccc2C1. The summed E-state index contributed by atoms with van der Waals surface area (Å²) in [5.41, 5.74) is 1.51. The molecule has 5 heteroatoms. The standard InChI is InChI=1S/C15H18BrN3S/c1-11(8-17-15-3-2-13(16)9-18-15)19-6-4-14-12(10-19)5-7-20-14/h2-3,5,7,9,11H,4,6,8,10H2,1H3,(H,17,18). The third-order valence-corrected chi connectivity index (χ3v) is 5.26. The molecule has 0 fully saturated rings. The first kappa shape index (κ1) is 14.0. The largest absolute Gasteiger partial charge is 0.369 e. The zero-order valence-electron chi connectivity index (χ0n) is 11.5. The van der Waals surface area contributed by atoms with Gasteiger partial charge in [0.05, 0.1) is 0 Å². The number of halogens is 1. The van der Waals surface area contributed by atoms with E-state index in [0.717, 1.165) is 29.9 Å². The number of nitrogens with one attached hydrogen (secondary N) is 1. The number of rotatable bonds is 4. The van der Waals surface area contributed by atoms with Crippen LogP contribution in [0.1, 0.15) is 17.4 Å². The lowest BCUT2D eigenvalue weighted by Crippen LogP contribution is -2.40. The summed E-state index contributed by atoms with van der Waals surface area (Å²) in [5, 5.41) is 5.63. The van der Waals surface area contributed by atoms with E-state index < -0.39 is 0 Å². The van der Waals surface area contributed by atoms with E-state index in [1.807, 2.05) is 29.7 Å². The van der Waals surface area contributed by atoms with Crippen LogP contribution >= 0.6 is 27.3 Å².